The van der Waals surface area contributed by atoms with Crippen molar-refractivity contribution in [2.24, 2.45) is 0 Å². The molecule has 0 N–H and O–H groups in total. The van der Waals surface area contributed by atoms with E-state index in [1.807, 2.05) is 6.92 Å². The van der Waals surface area contributed by atoms with Gasteiger partial charge in [0.15, 0.2) is 0 Å². The first kappa shape index (κ1) is 10.3. The molecule has 0 aliphatic carbocycles. The zero-order valence-corrected chi connectivity index (χ0v) is 8.53. The third kappa shape index (κ3) is 1.91. The Labute approximate surface area is 83.6 Å². The van der Waals surface area contributed by atoms with Crippen LogP contribution in [-0.4, -0.2) is 24.9 Å². The van der Waals surface area contributed by atoms with E-state index in [2.05, 4.69) is 6.07 Å². The summed E-state index contributed by atoms with van der Waals surface area (Å²) < 4.78 is 0. The molecule has 0 saturated carbocycles. The number of carbonyl (C=O) groups excluding carboxylic acids is 1. The molecule has 0 atom stereocenters. The lowest BCUT2D eigenvalue weighted by atomic mass is 10.1. The van der Waals surface area contributed by atoms with E-state index in [9.17, 15) is 4.79 Å². The number of nitriles is 1. The Morgan fingerprint density at radius 3 is 2.57 bits per heavy atom. The normalized spacial score (nSPS) is 9.29. The van der Waals surface area contributed by atoms with Crippen molar-refractivity contribution in [2.75, 3.05) is 14.1 Å². The summed E-state index contributed by atoms with van der Waals surface area (Å²) in [5.74, 6) is -0.0819. The smallest absolute Gasteiger partial charge is 0.253 e. The zero-order chi connectivity index (χ0) is 10.7. The van der Waals surface area contributed by atoms with Crippen LogP contribution in [0.4, 0.5) is 0 Å². The average molecular weight is 188 g/mol. The minimum absolute atomic E-state index is 0.0819. The first-order valence-electron chi connectivity index (χ1n) is 4.28. The maximum Gasteiger partial charge on any atom is 0.253 e. The van der Waals surface area contributed by atoms with E-state index in [4.69, 9.17) is 5.26 Å². The van der Waals surface area contributed by atoms with Gasteiger partial charge in [-0.15, -0.1) is 0 Å². The van der Waals surface area contributed by atoms with Gasteiger partial charge < -0.3 is 4.90 Å². The number of nitrogens with zero attached hydrogens (tertiary/aromatic N) is 2. The lowest BCUT2D eigenvalue weighted by Gasteiger charge is -2.10. The van der Waals surface area contributed by atoms with Crippen molar-refractivity contribution in [1.82, 2.24) is 4.90 Å². The fraction of sp³-hybridized carbons (Fsp3) is 0.273. The average Bonchev–Trinajstić information content (AvgIpc) is 2.17. The van der Waals surface area contributed by atoms with Gasteiger partial charge in [0.05, 0.1) is 11.6 Å². The van der Waals surface area contributed by atoms with Gasteiger partial charge in [-0.2, -0.15) is 5.26 Å². The zero-order valence-electron chi connectivity index (χ0n) is 8.53. The van der Waals surface area contributed by atoms with Crippen molar-refractivity contribution >= 4 is 5.91 Å². The van der Waals surface area contributed by atoms with E-state index in [0.717, 1.165) is 5.56 Å². The number of hydrogen-bond donors (Lipinski definition) is 0. The highest BCUT2D eigenvalue weighted by Gasteiger charge is 2.09. The Hall–Kier alpha value is -1.82. The van der Waals surface area contributed by atoms with E-state index in [1.165, 1.54) is 4.90 Å². The van der Waals surface area contributed by atoms with Crippen molar-refractivity contribution < 1.29 is 4.79 Å². The van der Waals surface area contributed by atoms with Gasteiger partial charge in [-0.3, -0.25) is 4.79 Å². The molecule has 1 rings (SSSR count). The minimum Gasteiger partial charge on any atom is -0.345 e. The second kappa shape index (κ2) is 3.93. The molecule has 0 unspecified atom stereocenters. The molecular formula is C11H12N2O. The Morgan fingerprint density at radius 2 is 2.07 bits per heavy atom. The van der Waals surface area contributed by atoms with E-state index < -0.39 is 0 Å². The highest BCUT2D eigenvalue weighted by Crippen LogP contribution is 2.11. The number of amides is 1. The third-order valence-electron chi connectivity index (χ3n) is 2.01. The fourth-order valence-corrected chi connectivity index (χ4v) is 1.13. The van der Waals surface area contributed by atoms with Crippen LogP contribution in [0.1, 0.15) is 21.5 Å². The van der Waals surface area contributed by atoms with Crippen LogP contribution in [0.25, 0.3) is 0 Å². The molecule has 0 saturated heterocycles. The molecule has 1 amide bonds. The van der Waals surface area contributed by atoms with Crippen molar-refractivity contribution in [3.8, 4) is 6.07 Å². The van der Waals surface area contributed by atoms with Crippen molar-refractivity contribution in [1.29, 1.82) is 5.26 Å². The lowest BCUT2D eigenvalue weighted by molar-refractivity contribution is 0.0827. The molecule has 14 heavy (non-hydrogen) atoms. The van der Waals surface area contributed by atoms with Crippen LogP contribution in [0, 0.1) is 18.3 Å². The molecule has 0 aromatic heterocycles. The monoisotopic (exact) mass is 188 g/mol. The third-order valence-corrected chi connectivity index (χ3v) is 2.01. The second-order valence-corrected chi connectivity index (χ2v) is 3.34. The van der Waals surface area contributed by atoms with Crippen LogP contribution in [0.15, 0.2) is 18.2 Å². The van der Waals surface area contributed by atoms with Crippen LogP contribution in [-0.2, 0) is 0 Å². The van der Waals surface area contributed by atoms with E-state index in [0.29, 0.717) is 11.1 Å². The highest BCUT2D eigenvalue weighted by atomic mass is 16.2. The molecule has 3 heteroatoms. The second-order valence-electron chi connectivity index (χ2n) is 3.34. The summed E-state index contributed by atoms with van der Waals surface area (Å²) in [5, 5.41) is 8.79. The van der Waals surface area contributed by atoms with Gasteiger partial charge in [-0.05, 0) is 24.6 Å². The minimum atomic E-state index is -0.0819. The molecule has 0 aliphatic heterocycles. The number of aryl methyl sites for hydroxylation is 1. The van der Waals surface area contributed by atoms with Gasteiger partial charge in [-0.25, -0.2) is 0 Å². The standard InChI is InChI=1S/C11H12N2O/c1-8-4-5-9(6-10(8)7-12)11(14)13(2)3/h4-6H,1-3H3. The molecule has 0 fully saturated rings. The molecule has 72 valence electrons. The summed E-state index contributed by atoms with van der Waals surface area (Å²) >= 11 is 0. The quantitative estimate of drug-likeness (QED) is 0.671. The van der Waals surface area contributed by atoms with Crippen LogP contribution in [0.5, 0.6) is 0 Å². The molecule has 0 aliphatic rings. The number of carbonyl (C=O) groups is 1. The van der Waals surface area contributed by atoms with Gasteiger partial charge in [0.2, 0.25) is 0 Å². The number of benzene rings is 1. The van der Waals surface area contributed by atoms with Crippen LogP contribution >= 0.6 is 0 Å². The maximum absolute atomic E-state index is 11.5. The van der Waals surface area contributed by atoms with E-state index >= 15 is 0 Å². The van der Waals surface area contributed by atoms with Crippen molar-refractivity contribution in [3.63, 3.8) is 0 Å². The van der Waals surface area contributed by atoms with Gasteiger partial charge in [0.25, 0.3) is 5.91 Å². The van der Waals surface area contributed by atoms with Crippen molar-refractivity contribution in [2.45, 2.75) is 6.92 Å². The summed E-state index contributed by atoms with van der Waals surface area (Å²) in [5.41, 5.74) is 2.00. The SMILES string of the molecule is Cc1ccc(C(=O)N(C)C)cc1C#N. The number of rotatable bonds is 1. The van der Waals surface area contributed by atoms with Crippen LogP contribution in [0.3, 0.4) is 0 Å². The summed E-state index contributed by atoms with van der Waals surface area (Å²) in [6, 6.07) is 7.20. The van der Waals surface area contributed by atoms with Crippen LogP contribution in [0.2, 0.25) is 0 Å². The molecule has 0 bridgehead atoms. The predicted octanol–water partition coefficient (Wildman–Crippen LogP) is 1.57. The number of hydrogen-bond acceptors (Lipinski definition) is 2. The van der Waals surface area contributed by atoms with Crippen molar-refractivity contribution in [3.05, 3.63) is 34.9 Å². The van der Waals surface area contributed by atoms with Crippen LogP contribution < -0.4 is 0 Å². The molecule has 1 aromatic rings. The summed E-state index contributed by atoms with van der Waals surface area (Å²) in [4.78, 5) is 13.0. The molecule has 0 heterocycles. The van der Waals surface area contributed by atoms with E-state index in [1.54, 1.807) is 32.3 Å². The van der Waals surface area contributed by atoms with Gasteiger partial charge in [0.1, 0.15) is 0 Å². The Balaban J connectivity index is 3.15. The molecule has 0 spiro atoms. The molecule has 3 nitrogen and oxygen atoms in total. The summed E-state index contributed by atoms with van der Waals surface area (Å²) in [6.45, 7) is 1.85. The summed E-state index contributed by atoms with van der Waals surface area (Å²) in [7, 11) is 3.38. The first-order chi connectivity index (χ1) is 6.56. The highest BCUT2D eigenvalue weighted by molar-refractivity contribution is 5.94. The molecule has 1 aromatic carbocycles. The largest absolute Gasteiger partial charge is 0.345 e. The summed E-state index contributed by atoms with van der Waals surface area (Å²) in [6.07, 6.45) is 0. The molecule has 0 radical (unpaired) electrons. The Morgan fingerprint density at radius 1 is 1.43 bits per heavy atom. The topological polar surface area (TPSA) is 44.1 Å². The van der Waals surface area contributed by atoms with Gasteiger partial charge in [0, 0.05) is 19.7 Å². The first-order valence-corrected chi connectivity index (χ1v) is 4.28. The predicted molar refractivity (Wildman–Crippen MR) is 53.9 cm³/mol. The molecular weight excluding hydrogens is 176 g/mol. The fourth-order valence-electron chi connectivity index (χ4n) is 1.13. The Kier molecular flexibility index (Phi) is 2.88. The Bertz CT molecular complexity index is 402. The lowest BCUT2D eigenvalue weighted by Crippen LogP contribution is -2.21. The van der Waals surface area contributed by atoms with Gasteiger partial charge in [-0.1, -0.05) is 6.07 Å². The van der Waals surface area contributed by atoms with Gasteiger partial charge >= 0.3 is 0 Å². The maximum atomic E-state index is 11.5. The van der Waals surface area contributed by atoms with E-state index in [-0.39, 0.29) is 5.91 Å².